The molecular formula is C69H74O16. The summed E-state index contributed by atoms with van der Waals surface area (Å²) in [5.74, 6) is -1.45. The van der Waals surface area contributed by atoms with Gasteiger partial charge < -0.3 is 66.7 Å². The van der Waals surface area contributed by atoms with Gasteiger partial charge in [-0.2, -0.15) is 0 Å². The molecule has 0 radical (unpaired) electrons. The molecule has 3 fully saturated rings. The number of hydrogen-bond donors (Lipinski definition) is 1. The zero-order valence-electron chi connectivity index (χ0n) is 47.9. The lowest BCUT2D eigenvalue weighted by Gasteiger charge is -2.50. The summed E-state index contributed by atoms with van der Waals surface area (Å²) in [6, 6.07) is 66.7. The number of ether oxygens (including phenoxy) is 13. The van der Waals surface area contributed by atoms with E-state index in [1.54, 1.807) is 37.3 Å². The van der Waals surface area contributed by atoms with Gasteiger partial charge in [-0.3, -0.25) is 4.79 Å². The molecular weight excluding hydrogens is 1080 g/mol. The highest BCUT2D eigenvalue weighted by molar-refractivity contribution is 5.89. The third kappa shape index (κ3) is 16.9. The summed E-state index contributed by atoms with van der Waals surface area (Å²) in [6.45, 7) is 5.81. The first kappa shape index (κ1) is 61.1. The van der Waals surface area contributed by atoms with Crippen LogP contribution in [0.5, 0.6) is 0 Å². The molecule has 1 N–H and O–H groups in total. The minimum Gasteiger partial charge on any atom is -0.454 e. The van der Waals surface area contributed by atoms with Crippen LogP contribution in [-0.4, -0.2) is 116 Å². The molecule has 0 bridgehead atoms. The Morgan fingerprint density at radius 2 is 0.741 bits per heavy atom. The van der Waals surface area contributed by atoms with Gasteiger partial charge in [-0.05, 0) is 59.4 Å². The van der Waals surface area contributed by atoms with Crippen LogP contribution in [0.1, 0.15) is 64.5 Å². The number of carbonyl (C=O) groups is 2. The van der Waals surface area contributed by atoms with Crippen molar-refractivity contribution in [3.8, 4) is 0 Å². The Hall–Kier alpha value is -7.00. The Labute approximate surface area is 496 Å². The first-order valence-electron chi connectivity index (χ1n) is 28.9. The third-order valence-electron chi connectivity index (χ3n) is 15.0. The quantitative estimate of drug-likeness (QED) is 0.0507. The molecule has 3 aliphatic rings. The fraction of sp³-hybridized carbons (Fsp3) is 0.362. The molecule has 15 atom stereocenters. The number of benzene rings is 7. The predicted molar refractivity (Wildman–Crippen MR) is 312 cm³/mol. The van der Waals surface area contributed by atoms with Gasteiger partial charge >= 0.3 is 11.9 Å². The van der Waals surface area contributed by atoms with Crippen LogP contribution in [0.3, 0.4) is 0 Å². The number of aliphatic hydroxyl groups excluding tert-OH is 1. The van der Waals surface area contributed by atoms with Crippen LogP contribution >= 0.6 is 0 Å². The van der Waals surface area contributed by atoms with Gasteiger partial charge in [0.2, 0.25) is 0 Å². The molecule has 0 saturated carbocycles. The van der Waals surface area contributed by atoms with Crippen molar-refractivity contribution in [3.05, 3.63) is 251 Å². The Bertz CT molecular complexity index is 3060. The zero-order valence-corrected chi connectivity index (χ0v) is 47.9. The van der Waals surface area contributed by atoms with Gasteiger partial charge in [0.25, 0.3) is 0 Å². The van der Waals surface area contributed by atoms with Crippen LogP contribution in [0.2, 0.25) is 0 Å². The average Bonchev–Trinajstić information content (AvgIpc) is 2.23. The average molecular weight is 1160 g/mol. The van der Waals surface area contributed by atoms with Gasteiger partial charge in [-0.15, -0.1) is 0 Å². The van der Waals surface area contributed by atoms with E-state index in [2.05, 4.69) is 0 Å². The second-order valence-corrected chi connectivity index (χ2v) is 21.3. The summed E-state index contributed by atoms with van der Waals surface area (Å²) in [5.41, 5.74) is 5.57. The van der Waals surface area contributed by atoms with Crippen molar-refractivity contribution in [2.45, 2.75) is 153 Å². The number of rotatable bonds is 26. The Kier molecular flexibility index (Phi) is 22.2. The summed E-state index contributed by atoms with van der Waals surface area (Å²) in [5, 5.41) is 12.1. The molecule has 3 aliphatic heterocycles. The zero-order chi connectivity index (χ0) is 58.7. The van der Waals surface area contributed by atoms with Gasteiger partial charge in [0, 0.05) is 6.92 Å². The maximum absolute atomic E-state index is 14.3. The van der Waals surface area contributed by atoms with E-state index in [9.17, 15) is 14.7 Å². The molecule has 16 heteroatoms. The molecule has 0 aromatic heterocycles. The molecule has 3 heterocycles. The lowest BCUT2D eigenvalue weighted by Crippen LogP contribution is -2.67. The summed E-state index contributed by atoms with van der Waals surface area (Å²) >= 11 is 0. The number of aliphatic hydroxyl groups is 1. The maximum Gasteiger partial charge on any atom is 0.338 e. The van der Waals surface area contributed by atoms with Crippen molar-refractivity contribution in [3.63, 3.8) is 0 Å². The van der Waals surface area contributed by atoms with Crippen LogP contribution in [0.25, 0.3) is 0 Å². The van der Waals surface area contributed by atoms with Gasteiger partial charge in [0.1, 0.15) is 48.8 Å². The second kappa shape index (κ2) is 30.9. The van der Waals surface area contributed by atoms with Crippen LogP contribution in [0.4, 0.5) is 0 Å². The van der Waals surface area contributed by atoms with Gasteiger partial charge in [-0.25, -0.2) is 4.79 Å². The second-order valence-electron chi connectivity index (χ2n) is 21.3. The molecule has 16 nitrogen and oxygen atoms in total. The Morgan fingerprint density at radius 1 is 0.376 bits per heavy atom. The number of esters is 2. The standard InChI is InChI=1S/C69H74O16/c1-46-57(74-40-50-27-13-5-14-28-50)60(76-42-52-31-17-7-18-32-52)65(81-48(3)70)69(80-46)85-62-58(47(2)79-67(72)63(62)83-66(71)55-37-23-10-24-38-55)84-68-64(78-44-54-35-21-9-22-36-54)61(77-43-53-33-19-8-20-34-53)59(75-41-51-29-15-6-16-30-51)56(82-68)45-73-39-49-25-11-4-12-26-49/h4-38,46-47,56-65,67-69,72H,39-45H2,1-3H3/t46-,47-,56+,57-,58-,59+,60+,61-,62+,63+,64+,65+,67?,68+,69-/m0/s1. The van der Waals surface area contributed by atoms with E-state index >= 15 is 0 Å². The Balaban J connectivity index is 1.04. The van der Waals surface area contributed by atoms with E-state index in [1.807, 2.05) is 189 Å². The van der Waals surface area contributed by atoms with E-state index in [4.69, 9.17) is 61.6 Å². The molecule has 10 rings (SSSR count). The van der Waals surface area contributed by atoms with Crippen molar-refractivity contribution < 1.29 is 76.3 Å². The summed E-state index contributed by atoms with van der Waals surface area (Å²) in [7, 11) is 0. The van der Waals surface area contributed by atoms with Crippen molar-refractivity contribution in [2.24, 2.45) is 0 Å². The summed E-state index contributed by atoms with van der Waals surface area (Å²) in [4.78, 5) is 27.7. The smallest absolute Gasteiger partial charge is 0.338 e. The molecule has 7 aromatic rings. The molecule has 0 spiro atoms. The Morgan fingerprint density at radius 3 is 1.20 bits per heavy atom. The first-order chi connectivity index (χ1) is 41.6. The SMILES string of the molecule is CC(=O)O[C@H]1[C@H](O[C@@H]2[C@@H](O[C@H]3O[C@H](COCc4ccccc4)[C@@H](OCc4ccccc4)[C@H](OCc4ccccc4)[C@H]3OCc3ccccc3)[C@H](C)OC(O)[C@@H]2OC(=O)c2ccccc2)O[C@@H](C)[C@H](OCc2ccccc2)[C@H]1OCc1ccccc1. The normalized spacial score (nSPS) is 27.6. The monoisotopic (exact) mass is 1160 g/mol. The largest absolute Gasteiger partial charge is 0.454 e. The van der Waals surface area contributed by atoms with E-state index < -0.39 is 104 Å². The van der Waals surface area contributed by atoms with Crippen LogP contribution in [-0.2, 0) is 106 Å². The van der Waals surface area contributed by atoms with Gasteiger partial charge in [0.05, 0.1) is 64.0 Å². The molecule has 1 unspecified atom stereocenters. The fourth-order valence-electron chi connectivity index (χ4n) is 10.7. The highest BCUT2D eigenvalue weighted by Crippen LogP contribution is 2.39. The number of carbonyl (C=O) groups excluding carboxylic acids is 2. The highest BCUT2D eigenvalue weighted by Gasteiger charge is 2.57. The van der Waals surface area contributed by atoms with Crippen molar-refractivity contribution in [1.29, 1.82) is 0 Å². The lowest BCUT2D eigenvalue weighted by atomic mass is 9.95. The van der Waals surface area contributed by atoms with Crippen LogP contribution in [0, 0.1) is 0 Å². The van der Waals surface area contributed by atoms with Crippen molar-refractivity contribution >= 4 is 11.9 Å². The third-order valence-corrected chi connectivity index (χ3v) is 15.0. The molecule has 0 amide bonds. The predicted octanol–water partition coefficient (Wildman–Crippen LogP) is 10.3. The van der Waals surface area contributed by atoms with Crippen LogP contribution in [0.15, 0.2) is 212 Å². The lowest BCUT2D eigenvalue weighted by molar-refractivity contribution is -0.387. The topological polar surface area (TPSA) is 174 Å². The number of hydrogen-bond acceptors (Lipinski definition) is 16. The molecule has 446 valence electrons. The molecule has 7 aromatic carbocycles. The summed E-state index contributed by atoms with van der Waals surface area (Å²) in [6.07, 6.45) is -17.5. The van der Waals surface area contributed by atoms with E-state index in [0.717, 1.165) is 33.4 Å². The maximum atomic E-state index is 14.3. The fourth-order valence-corrected chi connectivity index (χ4v) is 10.7. The van der Waals surface area contributed by atoms with E-state index in [1.165, 1.54) is 6.92 Å². The summed E-state index contributed by atoms with van der Waals surface area (Å²) < 4.78 is 88.1. The van der Waals surface area contributed by atoms with Gasteiger partial charge in [0.15, 0.2) is 31.1 Å². The van der Waals surface area contributed by atoms with Crippen LogP contribution < -0.4 is 0 Å². The van der Waals surface area contributed by atoms with Gasteiger partial charge in [-0.1, -0.05) is 200 Å². The van der Waals surface area contributed by atoms with Crippen molar-refractivity contribution in [2.75, 3.05) is 6.61 Å². The van der Waals surface area contributed by atoms with E-state index in [-0.39, 0.29) is 51.8 Å². The molecule has 0 aliphatic carbocycles. The first-order valence-corrected chi connectivity index (χ1v) is 28.9. The van der Waals surface area contributed by atoms with E-state index in [0.29, 0.717) is 0 Å². The minimum atomic E-state index is -1.78. The molecule has 85 heavy (non-hydrogen) atoms. The van der Waals surface area contributed by atoms with Crippen molar-refractivity contribution in [1.82, 2.24) is 0 Å². The highest BCUT2D eigenvalue weighted by atomic mass is 16.8. The minimum absolute atomic E-state index is 0.0211. The molecule has 3 saturated heterocycles.